The number of carboxylic acids is 1. The molecule has 102 valence electrons. The Labute approximate surface area is 110 Å². The molecular weight excluding hydrogens is 268 g/mol. The Balaban J connectivity index is 2.28. The van der Waals surface area contributed by atoms with E-state index in [2.05, 4.69) is 15.3 Å². The van der Waals surface area contributed by atoms with Gasteiger partial charge in [-0.2, -0.15) is 0 Å². The van der Waals surface area contributed by atoms with Gasteiger partial charge in [0.1, 0.15) is 11.3 Å². The maximum Gasteiger partial charge on any atom is 0.354 e. The van der Waals surface area contributed by atoms with Crippen molar-refractivity contribution in [3.63, 3.8) is 0 Å². The van der Waals surface area contributed by atoms with Crippen molar-refractivity contribution in [2.24, 2.45) is 0 Å². The van der Waals surface area contributed by atoms with Gasteiger partial charge in [0, 0.05) is 18.1 Å². The fourth-order valence-electron chi connectivity index (χ4n) is 1.40. The lowest BCUT2D eigenvalue weighted by atomic mass is 10.2. The van der Waals surface area contributed by atoms with Gasteiger partial charge in [-0.3, -0.25) is 14.6 Å². The summed E-state index contributed by atoms with van der Waals surface area (Å²) in [6, 6.07) is 2.50. The highest BCUT2D eigenvalue weighted by Crippen LogP contribution is 2.08. The second-order valence-corrected chi connectivity index (χ2v) is 3.67. The summed E-state index contributed by atoms with van der Waals surface area (Å²) in [7, 11) is 0. The number of rotatable bonds is 3. The molecule has 0 aliphatic heterocycles. The lowest BCUT2D eigenvalue weighted by Gasteiger charge is -2.04. The molecule has 9 nitrogen and oxygen atoms in total. The number of pyridine rings is 1. The van der Waals surface area contributed by atoms with Gasteiger partial charge < -0.3 is 15.4 Å². The smallest absolute Gasteiger partial charge is 0.354 e. The first-order chi connectivity index (χ1) is 9.47. The Morgan fingerprint density at radius 2 is 2.05 bits per heavy atom. The maximum absolute atomic E-state index is 11.8. The second kappa shape index (κ2) is 5.18. The predicted octanol–water partition coefficient (Wildman–Crippen LogP) is -0.591. The molecule has 20 heavy (non-hydrogen) atoms. The molecule has 0 aromatic carbocycles. The van der Waals surface area contributed by atoms with Crippen molar-refractivity contribution in [1.82, 2.24) is 15.0 Å². The highest BCUT2D eigenvalue weighted by atomic mass is 16.4. The van der Waals surface area contributed by atoms with Crippen molar-refractivity contribution in [2.45, 2.75) is 0 Å². The lowest BCUT2D eigenvalue weighted by molar-refractivity contribution is 0.0690. The summed E-state index contributed by atoms with van der Waals surface area (Å²) in [5.74, 6) is -2.03. The minimum atomic E-state index is -1.25. The molecule has 0 spiro atoms. The maximum atomic E-state index is 11.8. The Bertz CT molecular complexity index is 792. The molecular formula is C11H8N4O5. The van der Waals surface area contributed by atoms with Crippen molar-refractivity contribution >= 4 is 17.6 Å². The van der Waals surface area contributed by atoms with Crippen LogP contribution in [0.3, 0.4) is 0 Å². The number of amides is 1. The SMILES string of the molecule is O=C(O)c1cc(NC(=O)c2c[nH]c(=O)[nH]c2=O)ccn1. The Morgan fingerprint density at radius 3 is 2.70 bits per heavy atom. The average Bonchev–Trinajstić information content (AvgIpc) is 2.38. The number of aromatic nitrogens is 3. The summed E-state index contributed by atoms with van der Waals surface area (Å²) in [5.41, 5.74) is -1.98. The minimum Gasteiger partial charge on any atom is -0.477 e. The second-order valence-electron chi connectivity index (χ2n) is 3.67. The van der Waals surface area contributed by atoms with E-state index in [-0.39, 0.29) is 16.9 Å². The molecule has 0 saturated heterocycles. The first-order valence-corrected chi connectivity index (χ1v) is 5.30. The number of carboxylic acid groups (broad SMARTS) is 1. The lowest BCUT2D eigenvalue weighted by Crippen LogP contribution is -2.29. The van der Waals surface area contributed by atoms with Crippen LogP contribution in [-0.4, -0.2) is 31.9 Å². The summed E-state index contributed by atoms with van der Waals surface area (Å²) < 4.78 is 0. The highest BCUT2D eigenvalue weighted by molar-refractivity contribution is 6.04. The molecule has 0 unspecified atom stereocenters. The topological polar surface area (TPSA) is 145 Å². The Hall–Kier alpha value is -3.23. The summed E-state index contributed by atoms with van der Waals surface area (Å²) >= 11 is 0. The largest absolute Gasteiger partial charge is 0.477 e. The molecule has 0 fully saturated rings. The van der Waals surface area contributed by atoms with Gasteiger partial charge in [-0.25, -0.2) is 14.6 Å². The van der Waals surface area contributed by atoms with Gasteiger partial charge in [-0.15, -0.1) is 0 Å². The van der Waals surface area contributed by atoms with Gasteiger partial charge in [0.15, 0.2) is 0 Å². The van der Waals surface area contributed by atoms with Crippen molar-refractivity contribution in [3.05, 3.63) is 56.6 Å². The summed E-state index contributed by atoms with van der Waals surface area (Å²) in [6.07, 6.45) is 2.17. The molecule has 1 amide bonds. The molecule has 0 bridgehead atoms. The monoisotopic (exact) mass is 276 g/mol. The van der Waals surface area contributed by atoms with Crippen LogP contribution in [-0.2, 0) is 0 Å². The zero-order valence-electron chi connectivity index (χ0n) is 9.84. The van der Waals surface area contributed by atoms with E-state index in [4.69, 9.17) is 5.11 Å². The van der Waals surface area contributed by atoms with E-state index in [1.54, 1.807) is 0 Å². The third-order valence-corrected chi connectivity index (χ3v) is 2.30. The summed E-state index contributed by atoms with van der Waals surface area (Å²) in [5, 5.41) is 11.1. The quantitative estimate of drug-likeness (QED) is 0.589. The third-order valence-electron chi connectivity index (χ3n) is 2.30. The molecule has 2 aromatic heterocycles. The fourth-order valence-corrected chi connectivity index (χ4v) is 1.40. The van der Waals surface area contributed by atoms with Crippen LogP contribution in [0.15, 0.2) is 34.1 Å². The highest BCUT2D eigenvalue weighted by Gasteiger charge is 2.12. The molecule has 0 aliphatic rings. The van der Waals surface area contributed by atoms with Crippen molar-refractivity contribution in [3.8, 4) is 0 Å². The van der Waals surface area contributed by atoms with Gasteiger partial charge in [0.05, 0.1) is 0 Å². The number of aromatic carboxylic acids is 1. The van der Waals surface area contributed by atoms with Gasteiger partial charge in [0.2, 0.25) is 0 Å². The summed E-state index contributed by atoms with van der Waals surface area (Å²) in [6.45, 7) is 0. The molecule has 2 heterocycles. The normalized spacial score (nSPS) is 10.0. The number of carbonyl (C=O) groups is 2. The van der Waals surface area contributed by atoms with Gasteiger partial charge in [-0.1, -0.05) is 0 Å². The molecule has 0 atom stereocenters. The van der Waals surface area contributed by atoms with E-state index in [1.807, 2.05) is 4.98 Å². The predicted molar refractivity (Wildman–Crippen MR) is 66.8 cm³/mol. The van der Waals surface area contributed by atoms with Crippen LogP contribution >= 0.6 is 0 Å². The molecule has 0 radical (unpaired) electrons. The number of hydrogen-bond donors (Lipinski definition) is 4. The molecule has 2 rings (SSSR count). The standard InChI is InChI=1S/C11H8N4O5/c16-8(6-4-13-11(20)15-9(6)17)14-5-1-2-12-7(3-5)10(18)19/h1-4H,(H,18,19)(H,12,14,16)(H2,13,15,17,20). The molecule has 0 aliphatic carbocycles. The van der Waals surface area contributed by atoms with E-state index in [0.717, 1.165) is 12.3 Å². The van der Waals surface area contributed by atoms with Crippen LogP contribution < -0.4 is 16.6 Å². The number of nitrogens with one attached hydrogen (secondary N) is 3. The Kier molecular flexibility index (Phi) is 3.42. The molecule has 4 N–H and O–H groups in total. The van der Waals surface area contributed by atoms with Crippen LogP contribution in [0.1, 0.15) is 20.8 Å². The first-order valence-electron chi connectivity index (χ1n) is 5.30. The number of hydrogen-bond acceptors (Lipinski definition) is 5. The van der Waals surface area contributed by atoms with Crippen LogP contribution in [0.25, 0.3) is 0 Å². The molecule has 9 heteroatoms. The first kappa shape index (κ1) is 13.2. The van der Waals surface area contributed by atoms with E-state index in [9.17, 15) is 19.2 Å². The van der Waals surface area contributed by atoms with E-state index < -0.39 is 23.1 Å². The fraction of sp³-hybridized carbons (Fsp3) is 0. The zero-order valence-corrected chi connectivity index (χ0v) is 9.84. The zero-order chi connectivity index (χ0) is 14.7. The number of H-pyrrole nitrogens is 2. The van der Waals surface area contributed by atoms with Crippen molar-refractivity contribution in [1.29, 1.82) is 0 Å². The van der Waals surface area contributed by atoms with Gasteiger partial charge in [0.25, 0.3) is 11.5 Å². The average molecular weight is 276 g/mol. The van der Waals surface area contributed by atoms with E-state index in [1.165, 1.54) is 12.3 Å². The van der Waals surface area contributed by atoms with E-state index >= 15 is 0 Å². The third kappa shape index (κ3) is 2.77. The van der Waals surface area contributed by atoms with Crippen LogP contribution in [0, 0.1) is 0 Å². The van der Waals surface area contributed by atoms with Crippen molar-refractivity contribution < 1.29 is 14.7 Å². The van der Waals surface area contributed by atoms with Gasteiger partial charge >= 0.3 is 11.7 Å². The Morgan fingerprint density at radius 1 is 1.30 bits per heavy atom. The van der Waals surface area contributed by atoms with Crippen LogP contribution in [0.4, 0.5) is 5.69 Å². The number of aromatic amines is 2. The number of nitrogens with zero attached hydrogens (tertiary/aromatic N) is 1. The summed E-state index contributed by atoms with van der Waals surface area (Å²) in [4.78, 5) is 52.4. The van der Waals surface area contributed by atoms with Crippen molar-refractivity contribution in [2.75, 3.05) is 5.32 Å². The molecule has 0 saturated carbocycles. The number of anilines is 1. The minimum absolute atomic E-state index is 0.160. The van der Waals surface area contributed by atoms with Crippen LogP contribution in [0.2, 0.25) is 0 Å². The van der Waals surface area contributed by atoms with Crippen LogP contribution in [0.5, 0.6) is 0 Å². The molecule has 2 aromatic rings. The van der Waals surface area contributed by atoms with Gasteiger partial charge in [-0.05, 0) is 12.1 Å². The van der Waals surface area contributed by atoms with E-state index in [0.29, 0.717) is 0 Å². The number of carbonyl (C=O) groups excluding carboxylic acids is 1.